The number of carbonyl (C=O) groups is 2. The second-order valence-corrected chi connectivity index (χ2v) is 5.75. The molecule has 1 atom stereocenters. The van der Waals surface area contributed by atoms with E-state index >= 15 is 0 Å². The van der Waals surface area contributed by atoms with Gasteiger partial charge in [0, 0.05) is 5.39 Å². The normalized spacial score (nSPS) is 11.8. The van der Waals surface area contributed by atoms with Crippen molar-refractivity contribution in [3.05, 3.63) is 65.9 Å². The van der Waals surface area contributed by atoms with Crippen LogP contribution in [0.4, 0.5) is 0 Å². The molecule has 0 unspecified atom stereocenters. The van der Waals surface area contributed by atoms with Crippen molar-refractivity contribution in [2.24, 2.45) is 0 Å². The Hall–Kier alpha value is -3.28. The molecule has 0 spiro atoms. The third kappa shape index (κ3) is 3.85. The lowest BCUT2D eigenvalue weighted by Crippen LogP contribution is -2.31. The Morgan fingerprint density at radius 1 is 1.12 bits per heavy atom. The highest BCUT2D eigenvalue weighted by Gasteiger charge is 2.17. The summed E-state index contributed by atoms with van der Waals surface area (Å²) in [5, 5.41) is 3.72. The van der Waals surface area contributed by atoms with Gasteiger partial charge >= 0.3 is 5.97 Å². The summed E-state index contributed by atoms with van der Waals surface area (Å²) in [7, 11) is 1.47. The van der Waals surface area contributed by atoms with E-state index in [4.69, 9.17) is 13.9 Å². The lowest BCUT2D eigenvalue weighted by Gasteiger charge is -2.12. The van der Waals surface area contributed by atoms with Crippen LogP contribution in [0.15, 0.2) is 59.0 Å². The smallest absolute Gasteiger partial charge is 0.342 e. The van der Waals surface area contributed by atoms with Crippen LogP contribution < -0.4 is 10.1 Å². The monoisotopic (exact) mass is 353 g/mol. The zero-order valence-corrected chi connectivity index (χ0v) is 14.5. The van der Waals surface area contributed by atoms with Crippen molar-refractivity contribution in [3.8, 4) is 5.75 Å². The van der Waals surface area contributed by atoms with Gasteiger partial charge in [-0.2, -0.15) is 0 Å². The summed E-state index contributed by atoms with van der Waals surface area (Å²) in [6.07, 6.45) is 0. The lowest BCUT2D eigenvalue weighted by molar-refractivity contribution is -0.125. The molecule has 0 saturated carbocycles. The summed E-state index contributed by atoms with van der Waals surface area (Å²) in [6, 6.07) is 15.8. The number of methoxy groups -OCH3 is 1. The summed E-state index contributed by atoms with van der Waals surface area (Å²) in [5.74, 6) is -0.000601. The number of esters is 1. The number of amides is 1. The summed E-state index contributed by atoms with van der Waals surface area (Å²) < 4.78 is 15.9. The molecule has 6 nitrogen and oxygen atoms in total. The molecule has 1 heterocycles. The van der Waals surface area contributed by atoms with Crippen LogP contribution in [0.25, 0.3) is 11.0 Å². The van der Waals surface area contributed by atoms with Gasteiger partial charge in [0.25, 0.3) is 5.91 Å². The quantitative estimate of drug-likeness (QED) is 0.687. The molecule has 26 heavy (non-hydrogen) atoms. The van der Waals surface area contributed by atoms with Gasteiger partial charge in [-0.25, -0.2) is 4.79 Å². The third-order valence-electron chi connectivity index (χ3n) is 3.91. The van der Waals surface area contributed by atoms with Gasteiger partial charge in [0.1, 0.15) is 22.7 Å². The van der Waals surface area contributed by atoms with Gasteiger partial charge in [-0.05, 0) is 31.2 Å². The minimum absolute atomic E-state index is 0.271. The number of carbonyl (C=O) groups excluding carboxylic acids is 2. The van der Waals surface area contributed by atoms with Gasteiger partial charge < -0.3 is 19.2 Å². The maximum absolute atomic E-state index is 12.1. The van der Waals surface area contributed by atoms with Crippen molar-refractivity contribution in [3.63, 3.8) is 0 Å². The SMILES string of the molecule is COc1ccccc1C(=O)OCC(=O)N[C@@H](C)c1cc2ccccc2o1. The average molecular weight is 353 g/mol. The van der Waals surface area contributed by atoms with E-state index in [1.54, 1.807) is 31.2 Å². The number of nitrogens with one attached hydrogen (secondary N) is 1. The Balaban J connectivity index is 1.57. The first-order chi connectivity index (χ1) is 12.6. The molecule has 134 valence electrons. The number of hydrogen-bond donors (Lipinski definition) is 1. The van der Waals surface area contributed by atoms with E-state index in [9.17, 15) is 9.59 Å². The van der Waals surface area contributed by atoms with Crippen LogP contribution in [-0.4, -0.2) is 25.6 Å². The Labute approximate surface area is 150 Å². The molecule has 0 bridgehead atoms. The van der Waals surface area contributed by atoms with Gasteiger partial charge in [0.15, 0.2) is 6.61 Å². The molecule has 3 rings (SSSR count). The van der Waals surface area contributed by atoms with Crippen molar-refractivity contribution in [1.29, 1.82) is 0 Å². The van der Waals surface area contributed by atoms with Crippen LogP contribution in [0.3, 0.4) is 0 Å². The summed E-state index contributed by atoms with van der Waals surface area (Å²) >= 11 is 0. The van der Waals surface area contributed by atoms with E-state index in [1.165, 1.54) is 7.11 Å². The number of para-hydroxylation sites is 2. The van der Waals surface area contributed by atoms with Crippen LogP contribution in [0.5, 0.6) is 5.75 Å². The zero-order chi connectivity index (χ0) is 18.5. The van der Waals surface area contributed by atoms with E-state index in [1.807, 2.05) is 30.3 Å². The number of fused-ring (bicyclic) bond motifs is 1. The van der Waals surface area contributed by atoms with Crippen LogP contribution in [0.1, 0.15) is 29.1 Å². The van der Waals surface area contributed by atoms with E-state index in [-0.39, 0.29) is 18.2 Å². The lowest BCUT2D eigenvalue weighted by atomic mass is 10.2. The first kappa shape index (κ1) is 17.5. The van der Waals surface area contributed by atoms with E-state index in [2.05, 4.69) is 5.32 Å². The molecule has 0 radical (unpaired) electrons. The van der Waals surface area contributed by atoms with Crippen molar-refractivity contribution < 1.29 is 23.5 Å². The number of benzene rings is 2. The largest absolute Gasteiger partial charge is 0.496 e. The molecule has 0 fully saturated rings. The molecule has 1 N–H and O–H groups in total. The van der Waals surface area contributed by atoms with Gasteiger partial charge in [-0.15, -0.1) is 0 Å². The summed E-state index contributed by atoms with van der Waals surface area (Å²) in [5.41, 5.74) is 1.03. The molecule has 1 amide bonds. The third-order valence-corrected chi connectivity index (χ3v) is 3.91. The molecule has 0 aliphatic heterocycles. The molecular weight excluding hydrogens is 334 g/mol. The van der Waals surface area contributed by atoms with Crippen molar-refractivity contribution in [1.82, 2.24) is 5.32 Å². The van der Waals surface area contributed by atoms with Crippen molar-refractivity contribution in [2.45, 2.75) is 13.0 Å². The summed E-state index contributed by atoms with van der Waals surface area (Å²) in [4.78, 5) is 24.2. The zero-order valence-electron chi connectivity index (χ0n) is 14.5. The highest BCUT2D eigenvalue weighted by molar-refractivity contribution is 5.94. The molecule has 6 heteroatoms. The minimum Gasteiger partial charge on any atom is -0.496 e. The standard InChI is InChI=1S/C20H19NO5/c1-13(18-11-14-7-3-5-9-16(14)26-18)21-19(22)12-25-20(23)15-8-4-6-10-17(15)24-2/h3-11,13H,12H2,1-2H3,(H,21,22)/t13-/m0/s1. The predicted octanol–water partition coefficient (Wildman–Crippen LogP) is 3.48. The van der Waals surface area contributed by atoms with E-state index in [0.717, 1.165) is 11.0 Å². The van der Waals surface area contributed by atoms with Crippen LogP contribution in [-0.2, 0) is 9.53 Å². The van der Waals surface area contributed by atoms with Crippen LogP contribution in [0, 0.1) is 0 Å². The maximum atomic E-state index is 12.1. The highest BCUT2D eigenvalue weighted by Crippen LogP contribution is 2.23. The van der Waals surface area contributed by atoms with Gasteiger partial charge in [0.05, 0.1) is 13.2 Å². The Bertz CT molecular complexity index is 898. The van der Waals surface area contributed by atoms with Gasteiger partial charge in [0.2, 0.25) is 0 Å². The van der Waals surface area contributed by atoms with E-state index in [0.29, 0.717) is 11.5 Å². The van der Waals surface area contributed by atoms with Crippen molar-refractivity contribution >= 4 is 22.8 Å². The molecule has 0 aliphatic carbocycles. The second kappa shape index (κ2) is 7.74. The number of furan rings is 1. The van der Waals surface area contributed by atoms with Gasteiger partial charge in [-0.1, -0.05) is 30.3 Å². The fraction of sp³-hybridized carbons (Fsp3) is 0.200. The Kier molecular flexibility index (Phi) is 5.22. The Morgan fingerprint density at radius 3 is 2.62 bits per heavy atom. The summed E-state index contributed by atoms with van der Waals surface area (Å²) in [6.45, 7) is 1.42. The molecule has 2 aromatic carbocycles. The molecule has 3 aromatic rings. The number of rotatable bonds is 6. The topological polar surface area (TPSA) is 77.8 Å². The van der Waals surface area contributed by atoms with Crippen LogP contribution >= 0.6 is 0 Å². The maximum Gasteiger partial charge on any atom is 0.342 e. The average Bonchev–Trinajstić information content (AvgIpc) is 3.10. The van der Waals surface area contributed by atoms with E-state index < -0.39 is 11.9 Å². The second-order valence-electron chi connectivity index (χ2n) is 5.75. The fourth-order valence-corrected chi connectivity index (χ4v) is 2.59. The van der Waals surface area contributed by atoms with Gasteiger partial charge in [-0.3, -0.25) is 4.79 Å². The first-order valence-corrected chi connectivity index (χ1v) is 8.16. The predicted molar refractivity (Wildman–Crippen MR) is 96.0 cm³/mol. The molecule has 0 aliphatic rings. The first-order valence-electron chi connectivity index (χ1n) is 8.16. The fourth-order valence-electron chi connectivity index (χ4n) is 2.59. The molecule has 0 saturated heterocycles. The van der Waals surface area contributed by atoms with Crippen LogP contribution in [0.2, 0.25) is 0 Å². The molecule has 1 aromatic heterocycles. The number of ether oxygens (including phenoxy) is 2. The number of hydrogen-bond acceptors (Lipinski definition) is 5. The molecular formula is C20H19NO5. The minimum atomic E-state index is -0.617. The Morgan fingerprint density at radius 2 is 1.85 bits per heavy atom. The van der Waals surface area contributed by atoms with Crippen molar-refractivity contribution in [2.75, 3.05) is 13.7 Å². The highest BCUT2D eigenvalue weighted by atomic mass is 16.5.